The molecule has 15 heavy (non-hydrogen) atoms. The average Bonchev–Trinajstić information content (AvgIpc) is 2.09. The van der Waals surface area contributed by atoms with Gasteiger partial charge in [0, 0.05) is 26.7 Å². The SMILES string of the molecule is CN1CCN(CCOS(C)(=O)=O)CC1=O. The molecule has 1 fully saturated rings. The predicted molar refractivity (Wildman–Crippen MR) is 54.9 cm³/mol. The molecule has 1 rings (SSSR count). The molecule has 0 aromatic heterocycles. The fourth-order valence-electron chi connectivity index (χ4n) is 1.32. The second kappa shape index (κ2) is 4.91. The highest BCUT2D eigenvalue weighted by atomic mass is 32.2. The number of piperazine rings is 1. The van der Waals surface area contributed by atoms with Crippen LogP contribution in [0.15, 0.2) is 0 Å². The molecule has 1 heterocycles. The van der Waals surface area contributed by atoms with Gasteiger partial charge in [0.1, 0.15) is 0 Å². The lowest BCUT2D eigenvalue weighted by Gasteiger charge is -2.31. The minimum atomic E-state index is -3.37. The quantitative estimate of drug-likeness (QED) is 0.570. The number of amides is 1. The van der Waals surface area contributed by atoms with E-state index in [0.29, 0.717) is 19.6 Å². The third-order valence-electron chi connectivity index (χ3n) is 2.24. The largest absolute Gasteiger partial charge is 0.343 e. The van der Waals surface area contributed by atoms with Crippen molar-refractivity contribution in [1.82, 2.24) is 9.80 Å². The summed E-state index contributed by atoms with van der Waals surface area (Å²) in [6, 6.07) is 0. The van der Waals surface area contributed by atoms with Crippen LogP contribution in [0.5, 0.6) is 0 Å². The fourth-order valence-corrected chi connectivity index (χ4v) is 1.69. The summed E-state index contributed by atoms with van der Waals surface area (Å²) in [6.45, 7) is 2.35. The van der Waals surface area contributed by atoms with Crippen molar-refractivity contribution in [3.63, 3.8) is 0 Å². The summed E-state index contributed by atoms with van der Waals surface area (Å²) in [5, 5.41) is 0. The maximum Gasteiger partial charge on any atom is 0.264 e. The van der Waals surface area contributed by atoms with Gasteiger partial charge in [-0.25, -0.2) is 0 Å². The van der Waals surface area contributed by atoms with Gasteiger partial charge in [0.25, 0.3) is 10.1 Å². The van der Waals surface area contributed by atoms with Crippen LogP contribution in [0.3, 0.4) is 0 Å². The van der Waals surface area contributed by atoms with E-state index in [1.54, 1.807) is 11.9 Å². The van der Waals surface area contributed by atoms with Crippen molar-refractivity contribution in [3.8, 4) is 0 Å². The van der Waals surface area contributed by atoms with Gasteiger partial charge in [-0.1, -0.05) is 0 Å². The zero-order valence-electron chi connectivity index (χ0n) is 8.97. The van der Waals surface area contributed by atoms with E-state index in [0.717, 1.165) is 12.8 Å². The van der Waals surface area contributed by atoms with Gasteiger partial charge in [0.2, 0.25) is 5.91 Å². The molecule has 0 unspecified atom stereocenters. The molecule has 0 N–H and O–H groups in total. The molecule has 88 valence electrons. The lowest BCUT2D eigenvalue weighted by atomic mass is 10.3. The van der Waals surface area contributed by atoms with Gasteiger partial charge in [0.15, 0.2) is 0 Å². The molecule has 0 aromatic rings. The number of hydrogen-bond acceptors (Lipinski definition) is 5. The zero-order valence-corrected chi connectivity index (χ0v) is 9.79. The van der Waals surface area contributed by atoms with Crippen LogP contribution < -0.4 is 0 Å². The van der Waals surface area contributed by atoms with Crippen molar-refractivity contribution in [2.24, 2.45) is 0 Å². The first-order valence-corrected chi connectivity index (χ1v) is 6.51. The van der Waals surface area contributed by atoms with E-state index >= 15 is 0 Å². The third-order valence-corrected chi connectivity index (χ3v) is 2.84. The number of nitrogens with zero attached hydrogens (tertiary/aromatic N) is 2. The molecule has 0 aliphatic carbocycles. The third kappa shape index (κ3) is 4.59. The zero-order chi connectivity index (χ0) is 11.5. The first-order chi connectivity index (χ1) is 6.88. The van der Waals surface area contributed by atoms with Crippen LogP contribution in [0.1, 0.15) is 0 Å². The van der Waals surface area contributed by atoms with Crippen LogP contribution in [-0.2, 0) is 19.1 Å². The van der Waals surface area contributed by atoms with Crippen LogP contribution in [0, 0.1) is 0 Å². The van der Waals surface area contributed by atoms with Gasteiger partial charge >= 0.3 is 0 Å². The fraction of sp³-hybridized carbons (Fsp3) is 0.875. The van der Waals surface area contributed by atoms with E-state index in [1.807, 2.05) is 4.90 Å². The Morgan fingerprint density at radius 3 is 2.60 bits per heavy atom. The van der Waals surface area contributed by atoms with Gasteiger partial charge in [-0.3, -0.25) is 13.9 Å². The summed E-state index contributed by atoms with van der Waals surface area (Å²) in [4.78, 5) is 14.8. The topological polar surface area (TPSA) is 66.9 Å². The molecule has 1 amide bonds. The Hall–Kier alpha value is -0.660. The number of likely N-dealkylation sites (N-methyl/N-ethyl adjacent to an activating group) is 1. The van der Waals surface area contributed by atoms with Crippen molar-refractivity contribution in [2.75, 3.05) is 46.1 Å². The molecule has 0 bridgehead atoms. The highest BCUT2D eigenvalue weighted by Crippen LogP contribution is 2.00. The number of carbonyl (C=O) groups is 1. The maximum atomic E-state index is 11.3. The molecule has 1 aliphatic heterocycles. The van der Waals surface area contributed by atoms with Crippen molar-refractivity contribution < 1.29 is 17.4 Å². The summed E-state index contributed by atoms with van der Waals surface area (Å²) in [5.74, 6) is 0.0561. The second-order valence-electron chi connectivity index (χ2n) is 3.62. The molecule has 0 aromatic carbocycles. The first kappa shape index (κ1) is 12.4. The Bertz CT molecular complexity index is 328. The highest BCUT2D eigenvalue weighted by molar-refractivity contribution is 7.85. The number of hydrogen-bond donors (Lipinski definition) is 0. The summed E-state index contributed by atoms with van der Waals surface area (Å²) < 4.78 is 25.9. The molecule has 0 radical (unpaired) electrons. The van der Waals surface area contributed by atoms with Crippen molar-refractivity contribution >= 4 is 16.0 Å². The number of rotatable bonds is 4. The molecule has 0 saturated carbocycles. The first-order valence-electron chi connectivity index (χ1n) is 4.69. The predicted octanol–water partition coefficient (Wildman–Crippen LogP) is -1.26. The molecular weight excluding hydrogens is 220 g/mol. The van der Waals surface area contributed by atoms with Crippen molar-refractivity contribution in [1.29, 1.82) is 0 Å². The monoisotopic (exact) mass is 236 g/mol. The summed E-state index contributed by atoms with van der Waals surface area (Å²) >= 11 is 0. The van der Waals surface area contributed by atoms with Gasteiger partial charge in [-0.15, -0.1) is 0 Å². The summed E-state index contributed by atoms with van der Waals surface area (Å²) in [5.41, 5.74) is 0. The Morgan fingerprint density at radius 2 is 2.07 bits per heavy atom. The highest BCUT2D eigenvalue weighted by Gasteiger charge is 2.20. The van der Waals surface area contributed by atoms with Crippen LogP contribution in [0.4, 0.5) is 0 Å². The second-order valence-corrected chi connectivity index (χ2v) is 5.26. The van der Waals surface area contributed by atoms with Gasteiger partial charge in [0.05, 0.1) is 19.4 Å². The number of carbonyl (C=O) groups excluding carboxylic acids is 1. The summed E-state index contributed by atoms with van der Waals surface area (Å²) in [6.07, 6.45) is 1.02. The van der Waals surface area contributed by atoms with Crippen molar-refractivity contribution in [3.05, 3.63) is 0 Å². The maximum absolute atomic E-state index is 11.3. The van der Waals surface area contributed by atoms with E-state index in [2.05, 4.69) is 4.18 Å². The molecule has 0 spiro atoms. The lowest BCUT2D eigenvalue weighted by molar-refractivity contribution is -0.134. The minimum Gasteiger partial charge on any atom is -0.343 e. The van der Waals surface area contributed by atoms with E-state index < -0.39 is 10.1 Å². The molecule has 7 heteroatoms. The van der Waals surface area contributed by atoms with Gasteiger partial charge < -0.3 is 4.90 Å². The smallest absolute Gasteiger partial charge is 0.264 e. The van der Waals surface area contributed by atoms with Crippen LogP contribution in [0.2, 0.25) is 0 Å². The van der Waals surface area contributed by atoms with Crippen molar-refractivity contribution in [2.45, 2.75) is 0 Å². The average molecular weight is 236 g/mol. The minimum absolute atomic E-state index is 0.0561. The standard InChI is InChI=1S/C8H16N2O4S/c1-9-3-4-10(7-8(9)11)5-6-14-15(2,12)13/h3-7H2,1-2H3. The lowest BCUT2D eigenvalue weighted by Crippen LogP contribution is -2.49. The van der Waals surface area contributed by atoms with E-state index in [4.69, 9.17) is 0 Å². The molecule has 1 saturated heterocycles. The van der Waals surface area contributed by atoms with Crippen LogP contribution in [-0.4, -0.2) is 70.2 Å². The Kier molecular flexibility index (Phi) is 4.06. The Labute approximate surface area is 89.9 Å². The molecule has 6 nitrogen and oxygen atoms in total. The normalized spacial score (nSPS) is 19.6. The summed E-state index contributed by atoms with van der Waals surface area (Å²) in [7, 11) is -1.61. The van der Waals surface area contributed by atoms with Gasteiger partial charge in [-0.2, -0.15) is 8.42 Å². The van der Waals surface area contributed by atoms with E-state index in [9.17, 15) is 13.2 Å². The molecular formula is C8H16N2O4S. The molecule has 1 aliphatic rings. The Balaban J connectivity index is 2.26. The van der Waals surface area contributed by atoms with E-state index in [-0.39, 0.29) is 12.5 Å². The van der Waals surface area contributed by atoms with Crippen LogP contribution in [0.25, 0.3) is 0 Å². The van der Waals surface area contributed by atoms with Crippen LogP contribution >= 0.6 is 0 Å². The van der Waals surface area contributed by atoms with E-state index in [1.165, 1.54) is 0 Å². The van der Waals surface area contributed by atoms with Gasteiger partial charge in [-0.05, 0) is 0 Å². The Morgan fingerprint density at radius 1 is 1.40 bits per heavy atom. The molecule has 0 atom stereocenters.